The molecule has 7 nitrogen and oxygen atoms in total. The van der Waals surface area contributed by atoms with E-state index in [0.29, 0.717) is 29.1 Å². The molecule has 0 saturated heterocycles. The van der Waals surface area contributed by atoms with Gasteiger partial charge in [-0.1, -0.05) is 13.8 Å². The van der Waals surface area contributed by atoms with E-state index in [2.05, 4.69) is 11.1 Å². The highest BCUT2D eigenvalue weighted by molar-refractivity contribution is 5.95. The van der Waals surface area contributed by atoms with E-state index >= 15 is 0 Å². The molecule has 1 aromatic carbocycles. The van der Waals surface area contributed by atoms with Gasteiger partial charge in [-0.3, -0.25) is 9.59 Å². The molecule has 1 unspecified atom stereocenters. The Morgan fingerprint density at radius 2 is 1.87 bits per heavy atom. The zero-order valence-corrected chi connectivity index (χ0v) is 17.5. The first-order valence-electron chi connectivity index (χ1n) is 9.79. The summed E-state index contributed by atoms with van der Waals surface area (Å²) in [6, 6.07) is 12.3. The number of amides is 1. The second kappa shape index (κ2) is 8.04. The fourth-order valence-corrected chi connectivity index (χ4v) is 3.84. The number of nitrogens with zero attached hydrogens (tertiary/aromatic N) is 3. The summed E-state index contributed by atoms with van der Waals surface area (Å²) >= 11 is 0. The number of fused-ring (bicyclic) bond motifs is 1. The number of carbonyl (C=O) groups is 2. The summed E-state index contributed by atoms with van der Waals surface area (Å²) in [4.78, 5) is 30.9. The monoisotopic (exact) mass is 404 g/mol. The second-order valence-corrected chi connectivity index (χ2v) is 8.42. The lowest BCUT2D eigenvalue weighted by atomic mass is 9.83. The number of esters is 1. The highest BCUT2D eigenvalue weighted by Crippen LogP contribution is 2.37. The molecule has 1 atom stereocenters. The Bertz CT molecular complexity index is 1050. The van der Waals surface area contributed by atoms with Crippen LogP contribution in [0.3, 0.4) is 0 Å². The van der Waals surface area contributed by atoms with Crippen LogP contribution in [-0.4, -0.2) is 41.0 Å². The first-order valence-corrected chi connectivity index (χ1v) is 9.79. The summed E-state index contributed by atoms with van der Waals surface area (Å²) in [6.45, 7) is 8.01. The fraction of sp³-hybridized carbons (Fsp3) is 0.391. The Morgan fingerprint density at radius 1 is 1.20 bits per heavy atom. The van der Waals surface area contributed by atoms with Crippen molar-refractivity contribution in [3.05, 3.63) is 58.4 Å². The number of nitriles is 2. The van der Waals surface area contributed by atoms with Gasteiger partial charge in [0.05, 0.1) is 17.7 Å². The number of benzene rings is 1. The summed E-state index contributed by atoms with van der Waals surface area (Å²) in [5.41, 5.74) is 2.26. The molecule has 0 aliphatic carbocycles. The van der Waals surface area contributed by atoms with Crippen LogP contribution in [0.5, 0.6) is 0 Å². The molecule has 154 valence electrons. The van der Waals surface area contributed by atoms with Crippen molar-refractivity contribution in [2.75, 3.05) is 13.1 Å². The maximum atomic E-state index is 13.3. The van der Waals surface area contributed by atoms with E-state index in [4.69, 9.17) is 10.00 Å². The molecule has 1 amide bonds. The lowest BCUT2D eigenvalue weighted by Gasteiger charge is -2.30. The predicted octanol–water partition coefficient (Wildman–Crippen LogP) is 3.23. The van der Waals surface area contributed by atoms with Crippen LogP contribution in [0.1, 0.15) is 66.5 Å². The highest BCUT2D eigenvalue weighted by atomic mass is 16.5. The maximum Gasteiger partial charge on any atom is 0.317 e. The Balaban J connectivity index is 2.02. The molecule has 1 aromatic heterocycles. The number of ether oxygens (including phenoxy) is 1. The lowest BCUT2D eigenvalue weighted by molar-refractivity contribution is -0.149. The number of nitrogens with one attached hydrogen (secondary N) is 1. The van der Waals surface area contributed by atoms with Gasteiger partial charge in [0.2, 0.25) is 0 Å². The van der Waals surface area contributed by atoms with Gasteiger partial charge < -0.3 is 14.6 Å². The van der Waals surface area contributed by atoms with E-state index in [-0.39, 0.29) is 18.6 Å². The molecular formula is C23H24N4O3. The number of aromatic amines is 1. The molecule has 0 saturated carbocycles. The molecule has 1 aliphatic heterocycles. The van der Waals surface area contributed by atoms with Crippen molar-refractivity contribution >= 4 is 11.9 Å². The Labute approximate surface area is 175 Å². The molecular weight excluding hydrogens is 380 g/mol. The fourth-order valence-electron chi connectivity index (χ4n) is 3.84. The highest BCUT2D eigenvalue weighted by Gasteiger charge is 2.41. The molecule has 0 spiro atoms. The van der Waals surface area contributed by atoms with Crippen molar-refractivity contribution in [1.82, 2.24) is 9.88 Å². The molecule has 1 aliphatic rings. The average Bonchev–Trinajstić information content (AvgIpc) is 3.11. The number of aromatic nitrogens is 1. The predicted molar refractivity (Wildman–Crippen MR) is 110 cm³/mol. The molecule has 3 rings (SSSR count). The second-order valence-electron chi connectivity index (χ2n) is 8.42. The molecule has 1 N–H and O–H groups in total. The van der Waals surface area contributed by atoms with Crippen LogP contribution in [0.2, 0.25) is 0 Å². The number of carbonyl (C=O) groups excluding carboxylic acids is 2. The van der Waals surface area contributed by atoms with E-state index in [1.165, 1.54) is 0 Å². The standard InChI is InChI=1S/C23H24N4O3/c1-14(2)30-22(29)18-12-27(21(28)16-7-5-15(10-24)6-8-16)13-23(3,4)19-9-17(11-25)26-20(18)19/h5-9,14,18,26H,12-13H2,1-4H3. The van der Waals surface area contributed by atoms with Gasteiger partial charge >= 0.3 is 5.97 Å². The molecule has 30 heavy (non-hydrogen) atoms. The molecule has 0 fully saturated rings. The van der Waals surface area contributed by atoms with Crippen LogP contribution in [0, 0.1) is 22.7 Å². The SMILES string of the molecule is CC(C)OC(=O)C1CN(C(=O)c2ccc(C#N)cc2)CC(C)(C)c2cc(C#N)[nH]c21. The smallest absolute Gasteiger partial charge is 0.317 e. The minimum absolute atomic E-state index is 0.131. The summed E-state index contributed by atoms with van der Waals surface area (Å²) in [6.07, 6.45) is -0.301. The lowest BCUT2D eigenvalue weighted by Crippen LogP contribution is -2.41. The van der Waals surface area contributed by atoms with Gasteiger partial charge in [-0.25, -0.2) is 0 Å². The summed E-state index contributed by atoms with van der Waals surface area (Å²) in [5, 5.41) is 18.3. The zero-order chi connectivity index (χ0) is 22.1. The largest absolute Gasteiger partial charge is 0.462 e. The van der Waals surface area contributed by atoms with Crippen molar-refractivity contribution in [1.29, 1.82) is 10.5 Å². The van der Waals surface area contributed by atoms with Crippen molar-refractivity contribution in [3.63, 3.8) is 0 Å². The Morgan fingerprint density at radius 3 is 2.43 bits per heavy atom. The Kier molecular flexibility index (Phi) is 5.67. The van der Waals surface area contributed by atoms with Gasteiger partial charge in [0.1, 0.15) is 17.7 Å². The number of rotatable bonds is 3. The van der Waals surface area contributed by atoms with Gasteiger partial charge in [-0.2, -0.15) is 10.5 Å². The van der Waals surface area contributed by atoms with Gasteiger partial charge in [0, 0.05) is 29.8 Å². The first-order chi connectivity index (χ1) is 14.2. The van der Waals surface area contributed by atoms with Gasteiger partial charge in [0.15, 0.2) is 0 Å². The topological polar surface area (TPSA) is 110 Å². The number of hydrogen-bond donors (Lipinski definition) is 1. The minimum Gasteiger partial charge on any atom is -0.462 e. The number of hydrogen-bond acceptors (Lipinski definition) is 5. The summed E-state index contributed by atoms with van der Waals surface area (Å²) in [5.74, 6) is -1.39. The summed E-state index contributed by atoms with van der Waals surface area (Å²) in [7, 11) is 0. The molecule has 0 radical (unpaired) electrons. The van der Waals surface area contributed by atoms with Crippen molar-refractivity contribution in [2.45, 2.75) is 45.1 Å². The van der Waals surface area contributed by atoms with Crippen LogP contribution in [0.15, 0.2) is 30.3 Å². The van der Waals surface area contributed by atoms with Crippen LogP contribution in [-0.2, 0) is 14.9 Å². The van der Waals surface area contributed by atoms with Crippen LogP contribution in [0.25, 0.3) is 0 Å². The van der Waals surface area contributed by atoms with Crippen LogP contribution < -0.4 is 0 Å². The normalized spacial score (nSPS) is 17.4. The molecule has 0 bridgehead atoms. The van der Waals surface area contributed by atoms with Crippen molar-refractivity contribution < 1.29 is 14.3 Å². The number of H-pyrrole nitrogens is 1. The third-order valence-electron chi connectivity index (χ3n) is 5.22. The van der Waals surface area contributed by atoms with Gasteiger partial charge in [-0.05, 0) is 49.7 Å². The first kappa shape index (κ1) is 21.1. The van der Waals surface area contributed by atoms with E-state index in [0.717, 1.165) is 5.56 Å². The van der Waals surface area contributed by atoms with Gasteiger partial charge in [-0.15, -0.1) is 0 Å². The van der Waals surface area contributed by atoms with E-state index in [1.54, 1.807) is 49.1 Å². The minimum atomic E-state index is -0.728. The van der Waals surface area contributed by atoms with E-state index < -0.39 is 17.3 Å². The van der Waals surface area contributed by atoms with E-state index in [1.807, 2.05) is 19.9 Å². The summed E-state index contributed by atoms with van der Waals surface area (Å²) < 4.78 is 5.46. The van der Waals surface area contributed by atoms with Crippen LogP contribution >= 0.6 is 0 Å². The van der Waals surface area contributed by atoms with Gasteiger partial charge in [0.25, 0.3) is 5.91 Å². The van der Waals surface area contributed by atoms with Crippen LogP contribution in [0.4, 0.5) is 0 Å². The van der Waals surface area contributed by atoms with Crippen molar-refractivity contribution in [3.8, 4) is 12.1 Å². The maximum absolute atomic E-state index is 13.3. The quantitative estimate of drug-likeness (QED) is 0.790. The molecule has 7 heteroatoms. The Hall–Kier alpha value is -3.58. The molecule has 2 aromatic rings. The zero-order valence-electron chi connectivity index (χ0n) is 17.5. The molecule has 2 heterocycles. The third-order valence-corrected chi connectivity index (χ3v) is 5.22. The third kappa shape index (κ3) is 4.06. The van der Waals surface area contributed by atoms with E-state index in [9.17, 15) is 14.9 Å². The average molecular weight is 404 g/mol. The van der Waals surface area contributed by atoms with Crippen molar-refractivity contribution in [2.24, 2.45) is 0 Å².